The molecule has 0 fully saturated rings. The van der Waals surface area contributed by atoms with E-state index in [9.17, 15) is 21.9 Å². The summed E-state index contributed by atoms with van der Waals surface area (Å²) in [6.45, 7) is 28.9. The van der Waals surface area contributed by atoms with Crippen LogP contribution in [0.5, 0.6) is 0 Å². The lowest BCUT2D eigenvalue weighted by molar-refractivity contribution is 0.332. The Kier molecular flexibility index (Phi) is 6.61. The van der Waals surface area contributed by atoms with Crippen molar-refractivity contribution in [3.63, 3.8) is 0 Å². The van der Waals surface area contributed by atoms with E-state index < -0.39 is 57.3 Å². The Bertz CT molecular complexity index is 3990. The summed E-state index contributed by atoms with van der Waals surface area (Å²) < 4.78 is 161. The van der Waals surface area contributed by atoms with Gasteiger partial charge in [-0.2, -0.15) is 0 Å². The number of hydrogen-bond donors (Lipinski definition) is 0. The molecule has 0 N–H and O–H groups in total. The molecule has 2 nitrogen and oxygen atoms in total. The summed E-state index contributed by atoms with van der Waals surface area (Å²) in [5.41, 5.74) is -2.31. The lowest BCUT2D eigenvalue weighted by Crippen LogP contribution is -2.60. The Morgan fingerprint density at radius 2 is 1.06 bits per heavy atom. The molecule has 1 aromatic heterocycles. The minimum Gasteiger partial charge on any atom is -0.311 e. The number of thiophene rings is 1. The van der Waals surface area contributed by atoms with E-state index in [0.29, 0.717) is 51.1 Å². The number of nitrogens with zero attached hydrogens (tertiary/aromatic N) is 2. The molecule has 0 unspecified atom stereocenters. The number of fused-ring (bicyclic) bond motifs is 7. The van der Waals surface area contributed by atoms with Crippen LogP contribution in [-0.4, -0.2) is 6.71 Å². The highest BCUT2D eigenvalue weighted by atomic mass is 32.1. The second kappa shape index (κ2) is 14.7. The fourth-order valence-corrected chi connectivity index (χ4v) is 10.8. The Morgan fingerprint density at radius 3 is 1.68 bits per heavy atom. The van der Waals surface area contributed by atoms with E-state index in [-0.39, 0.29) is 145 Å². The summed E-state index contributed by atoms with van der Waals surface area (Å²) in [6, 6.07) is 0.804. The van der Waals surface area contributed by atoms with Gasteiger partial charge in [0.05, 0.1) is 33.3 Å². The average Bonchev–Trinajstić information content (AvgIpc) is 1.19. The van der Waals surface area contributed by atoms with Gasteiger partial charge < -0.3 is 9.80 Å². The summed E-state index contributed by atoms with van der Waals surface area (Å²) in [4.78, 5) is 3.22. The van der Waals surface area contributed by atoms with Gasteiger partial charge in [-0.25, -0.2) is 0 Å². The maximum atomic E-state index is 10.6. The van der Waals surface area contributed by atoms with Crippen LogP contribution in [0.15, 0.2) is 115 Å². The standard InChI is InChI=1S/C62H71BN2S/c1-57(2,3)39-22-20-38(21-23-39)44-34-40(58(4,5)6)24-29-49(44)65-50-30-25-42(60(10,11)12)36-48(50)63-54-51(18-17-19-52(54)65)64(43-27-28-46-47(37-43)62(15,16)33-32-61(46,13)14)55-45-35-41(59(7,8)9)26-31-53(45)66-56(55)63/h17-31,34-37H,32-33H2,1-16H3/i20D,21D,22D,23D,24D,25D,26D,27D,28D,29D,30D,31D,34D,35D,36D,37D. The van der Waals surface area contributed by atoms with Crippen LogP contribution in [0.3, 0.4) is 0 Å². The van der Waals surface area contributed by atoms with Crippen molar-refractivity contribution in [1.82, 2.24) is 0 Å². The molecule has 0 bridgehead atoms. The van der Waals surface area contributed by atoms with Gasteiger partial charge in [0.1, 0.15) is 0 Å². The molecule has 338 valence electrons. The highest BCUT2D eigenvalue weighted by Gasteiger charge is 2.47. The summed E-state index contributed by atoms with van der Waals surface area (Å²) in [6.07, 6.45) is 1.39. The maximum Gasteiger partial charge on any atom is 0.264 e. The maximum absolute atomic E-state index is 10.6. The first-order valence-corrected chi connectivity index (χ1v) is 24.1. The monoisotopic (exact) mass is 903 g/mol. The van der Waals surface area contributed by atoms with Crippen molar-refractivity contribution in [3.05, 3.63) is 148 Å². The fraction of sp³-hybridized carbons (Fsp3) is 0.387. The Balaban J connectivity index is 1.49. The molecule has 3 heterocycles. The van der Waals surface area contributed by atoms with Gasteiger partial charge in [0, 0.05) is 43.2 Å². The number of anilines is 6. The quantitative estimate of drug-likeness (QED) is 0.163. The SMILES string of the molecule is [2H]c1c([2H])c(C(C)(C)C)c([2H])c([2H])c1-c1c([2H])c(C(C)(C)C)c([2H])c([2H])c1N1c2cccc3c2B(c2sc4c([2H])c([2H])c(C(C)(C)C)c([2H])c4c2N3c2c([2H])c([2H])c3c(c2[2H])C(C)(C)CCC3(C)C)c2c([2H])c(C(C)(C)C)c([2H])c([2H])c21. The summed E-state index contributed by atoms with van der Waals surface area (Å²) in [5.74, 6) is 0. The largest absolute Gasteiger partial charge is 0.311 e. The molecular formula is C62H71BN2S. The molecule has 0 spiro atoms. The number of benzene rings is 6. The molecule has 3 aliphatic rings. The molecule has 6 aromatic carbocycles. The van der Waals surface area contributed by atoms with Crippen molar-refractivity contribution in [2.45, 2.75) is 156 Å². The smallest absolute Gasteiger partial charge is 0.264 e. The minimum atomic E-state index is -1.08. The second-order valence-corrected chi connectivity index (χ2v) is 25.1. The second-order valence-electron chi connectivity index (χ2n) is 24.1. The first-order chi connectivity index (χ1) is 37.5. The number of hydrogen-bond acceptors (Lipinski definition) is 3. The van der Waals surface area contributed by atoms with Gasteiger partial charge in [0.2, 0.25) is 0 Å². The van der Waals surface area contributed by atoms with E-state index in [0.717, 1.165) is 11.3 Å². The molecule has 0 saturated carbocycles. The first kappa shape index (κ1) is 29.6. The van der Waals surface area contributed by atoms with Gasteiger partial charge in [-0.1, -0.05) is 171 Å². The lowest BCUT2D eigenvalue weighted by Gasteiger charge is -2.45. The molecule has 0 amide bonds. The fourth-order valence-electron chi connectivity index (χ4n) is 9.56. The average molecular weight is 903 g/mol. The molecule has 0 saturated heterocycles. The van der Waals surface area contributed by atoms with E-state index >= 15 is 0 Å². The molecule has 0 radical (unpaired) electrons. The van der Waals surface area contributed by atoms with Crippen LogP contribution >= 0.6 is 11.3 Å². The van der Waals surface area contributed by atoms with E-state index in [1.54, 1.807) is 64.6 Å². The third-order valence-corrected chi connectivity index (χ3v) is 14.9. The lowest BCUT2D eigenvalue weighted by atomic mass is 9.36. The number of rotatable bonds is 3. The zero-order valence-electron chi connectivity index (χ0n) is 57.5. The van der Waals surface area contributed by atoms with E-state index in [1.165, 1.54) is 4.90 Å². The summed E-state index contributed by atoms with van der Waals surface area (Å²) in [5, 5.41) is 0.271. The van der Waals surface area contributed by atoms with Crippen molar-refractivity contribution in [2.24, 2.45) is 0 Å². The highest BCUT2D eigenvalue weighted by Crippen LogP contribution is 2.53. The van der Waals surface area contributed by atoms with Gasteiger partial charge in [-0.3, -0.25) is 0 Å². The summed E-state index contributed by atoms with van der Waals surface area (Å²) in [7, 11) is 0. The van der Waals surface area contributed by atoms with Crippen LogP contribution in [0.2, 0.25) is 0 Å². The molecule has 0 atom stereocenters. The van der Waals surface area contributed by atoms with Crippen molar-refractivity contribution in [3.8, 4) is 11.1 Å². The first-order valence-electron chi connectivity index (χ1n) is 31.3. The van der Waals surface area contributed by atoms with Crippen LogP contribution in [0.4, 0.5) is 34.1 Å². The third-order valence-electron chi connectivity index (χ3n) is 13.8. The normalized spacial score (nSPS) is 19.9. The van der Waals surface area contributed by atoms with Crippen LogP contribution in [0.25, 0.3) is 21.2 Å². The van der Waals surface area contributed by atoms with Crippen LogP contribution in [-0.2, 0) is 32.5 Å². The van der Waals surface area contributed by atoms with Gasteiger partial charge in [-0.05, 0) is 150 Å². The van der Waals surface area contributed by atoms with Crippen LogP contribution < -0.4 is 25.5 Å². The Morgan fingerprint density at radius 1 is 0.530 bits per heavy atom. The van der Waals surface area contributed by atoms with Crippen molar-refractivity contribution in [1.29, 1.82) is 0 Å². The van der Waals surface area contributed by atoms with E-state index in [4.69, 9.17) is 0 Å². The van der Waals surface area contributed by atoms with Crippen molar-refractivity contribution < 1.29 is 21.9 Å². The predicted molar refractivity (Wildman–Crippen MR) is 291 cm³/mol. The van der Waals surface area contributed by atoms with Crippen LogP contribution in [0, 0.1) is 0 Å². The van der Waals surface area contributed by atoms with Crippen molar-refractivity contribution in [2.75, 3.05) is 9.80 Å². The Hall–Kier alpha value is -5.06. The molecule has 66 heavy (non-hydrogen) atoms. The van der Waals surface area contributed by atoms with Gasteiger partial charge >= 0.3 is 0 Å². The molecule has 7 aromatic rings. The topological polar surface area (TPSA) is 6.48 Å². The molecule has 1 aliphatic carbocycles. The minimum absolute atomic E-state index is 0.00860. The third kappa shape index (κ3) is 7.19. The van der Waals surface area contributed by atoms with Gasteiger partial charge in [0.15, 0.2) is 0 Å². The van der Waals surface area contributed by atoms with Gasteiger partial charge in [0.25, 0.3) is 6.71 Å². The summed E-state index contributed by atoms with van der Waals surface area (Å²) >= 11 is 1.13. The molecule has 2 aliphatic heterocycles. The molecule has 4 heteroatoms. The predicted octanol–water partition coefficient (Wildman–Crippen LogP) is 16.2. The van der Waals surface area contributed by atoms with Gasteiger partial charge in [-0.15, -0.1) is 11.3 Å². The van der Waals surface area contributed by atoms with E-state index in [2.05, 4.69) is 0 Å². The highest BCUT2D eigenvalue weighted by molar-refractivity contribution is 7.33. The van der Waals surface area contributed by atoms with E-state index in [1.807, 2.05) is 69.2 Å². The molecule has 10 rings (SSSR count). The molecular weight excluding hydrogens is 816 g/mol. The zero-order chi connectivity index (χ0) is 61.2. The zero-order valence-corrected chi connectivity index (χ0v) is 42.3. The van der Waals surface area contributed by atoms with Crippen LogP contribution in [0.1, 0.15) is 179 Å². The van der Waals surface area contributed by atoms with Crippen molar-refractivity contribution >= 4 is 78.0 Å². The Labute approximate surface area is 424 Å².